The standard InChI is InChI=1S/C9H10F3N5S/c1-2-5(6-13-3-4-14-6)15-8-16-7(17-18-8)9(10,11)12/h3-5H,2H2,1H3,(H,13,14)(H,15,16,17). The number of imidazole rings is 1. The summed E-state index contributed by atoms with van der Waals surface area (Å²) in [6.45, 7) is 1.89. The van der Waals surface area contributed by atoms with E-state index < -0.39 is 12.0 Å². The molecule has 1 unspecified atom stereocenters. The summed E-state index contributed by atoms with van der Waals surface area (Å²) < 4.78 is 40.3. The number of halogens is 3. The lowest BCUT2D eigenvalue weighted by Gasteiger charge is -2.12. The van der Waals surface area contributed by atoms with Gasteiger partial charge in [-0.25, -0.2) is 4.98 Å². The maximum absolute atomic E-state index is 12.3. The molecule has 2 N–H and O–H groups in total. The molecule has 2 rings (SSSR count). The van der Waals surface area contributed by atoms with Gasteiger partial charge in [0.2, 0.25) is 11.0 Å². The van der Waals surface area contributed by atoms with Crippen LogP contribution in [0.4, 0.5) is 18.3 Å². The van der Waals surface area contributed by atoms with Crippen LogP contribution in [0.25, 0.3) is 0 Å². The van der Waals surface area contributed by atoms with E-state index in [2.05, 4.69) is 24.6 Å². The first-order chi connectivity index (χ1) is 8.50. The van der Waals surface area contributed by atoms with E-state index in [4.69, 9.17) is 0 Å². The maximum atomic E-state index is 12.3. The van der Waals surface area contributed by atoms with Gasteiger partial charge in [-0.3, -0.25) is 0 Å². The molecule has 0 bridgehead atoms. The second-order valence-corrected chi connectivity index (χ2v) is 4.25. The molecular weight excluding hydrogens is 267 g/mol. The minimum atomic E-state index is -4.51. The second-order valence-electron chi connectivity index (χ2n) is 3.50. The van der Waals surface area contributed by atoms with E-state index in [9.17, 15) is 13.2 Å². The molecule has 5 nitrogen and oxygen atoms in total. The highest BCUT2D eigenvalue weighted by Gasteiger charge is 2.36. The Morgan fingerprint density at radius 1 is 1.50 bits per heavy atom. The number of nitrogens with zero attached hydrogens (tertiary/aromatic N) is 3. The fraction of sp³-hybridized carbons (Fsp3) is 0.444. The lowest BCUT2D eigenvalue weighted by atomic mass is 10.2. The summed E-state index contributed by atoms with van der Waals surface area (Å²) in [6, 6.07) is -0.214. The molecule has 0 aromatic carbocycles. The molecule has 0 aliphatic rings. The monoisotopic (exact) mass is 277 g/mol. The van der Waals surface area contributed by atoms with Crippen molar-refractivity contribution in [2.75, 3.05) is 5.32 Å². The lowest BCUT2D eigenvalue weighted by Crippen LogP contribution is -2.12. The van der Waals surface area contributed by atoms with Crippen molar-refractivity contribution < 1.29 is 13.2 Å². The molecule has 98 valence electrons. The van der Waals surface area contributed by atoms with E-state index in [1.807, 2.05) is 6.92 Å². The number of alkyl halides is 3. The highest BCUT2D eigenvalue weighted by molar-refractivity contribution is 7.09. The van der Waals surface area contributed by atoms with Crippen LogP contribution in [0.3, 0.4) is 0 Å². The Balaban J connectivity index is 2.11. The zero-order chi connectivity index (χ0) is 13.2. The van der Waals surface area contributed by atoms with Crippen LogP contribution in [0.5, 0.6) is 0 Å². The molecule has 0 amide bonds. The van der Waals surface area contributed by atoms with Crippen LogP contribution in [0.2, 0.25) is 0 Å². The summed E-state index contributed by atoms with van der Waals surface area (Å²) in [5, 5.41) is 3.00. The van der Waals surface area contributed by atoms with E-state index in [0.717, 1.165) is 0 Å². The van der Waals surface area contributed by atoms with Crippen LogP contribution in [0.15, 0.2) is 12.4 Å². The van der Waals surface area contributed by atoms with E-state index in [-0.39, 0.29) is 11.2 Å². The Labute approximate surface area is 105 Å². The van der Waals surface area contributed by atoms with Gasteiger partial charge >= 0.3 is 6.18 Å². The van der Waals surface area contributed by atoms with Crippen LogP contribution in [0, 0.1) is 0 Å². The Kier molecular flexibility index (Phi) is 3.50. The number of hydrogen-bond donors (Lipinski definition) is 2. The fourth-order valence-corrected chi connectivity index (χ4v) is 2.02. The number of nitrogens with one attached hydrogen (secondary N) is 2. The molecule has 1 atom stereocenters. The van der Waals surface area contributed by atoms with Crippen molar-refractivity contribution in [3.8, 4) is 0 Å². The quantitative estimate of drug-likeness (QED) is 0.901. The van der Waals surface area contributed by atoms with Gasteiger partial charge in [0, 0.05) is 23.9 Å². The maximum Gasteiger partial charge on any atom is 0.452 e. The minimum Gasteiger partial charge on any atom is -0.350 e. The average Bonchev–Trinajstić information content (AvgIpc) is 2.95. The van der Waals surface area contributed by atoms with Gasteiger partial charge in [0.1, 0.15) is 5.82 Å². The zero-order valence-corrected chi connectivity index (χ0v) is 10.1. The summed E-state index contributed by atoms with van der Waals surface area (Å²) >= 11 is 0.683. The first-order valence-corrected chi connectivity index (χ1v) is 5.94. The van der Waals surface area contributed by atoms with Gasteiger partial charge in [-0.15, -0.1) is 0 Å². The number of H-pyrrole nitrogens is 1. The Morgan fingerprint density at radius 2 is 2.28 bits per heavy atom. The summed E-state index contributed by atoms with van der Waals surface area (Å²) in [7, 11) is 0. The number of hydrogen-bond acceptors (Lipinski definition) is 5. The topological polar surface area (TPSA) is 66.5 Å². The number of aromatic nitrogens is 4. The molecule has 18 heavy (non-hydrogen) atoms. The molecule has 0 saturated heterocycles. The van der Waals surface area contributed by atoms with Gasteiger partial charge in [0.15, 0.2) is 0 Å². The SMILES string of the molecule is CCC(Nc1nc(C(F)(F)F)ns1)c1ncc[nH]1. The van der Waals surface area contributed by atoms with E-state index >= 15 is 0 Å². The molecule has 0 aliphatic heterocycles. The molecular formula is C9H10F3N5S. The molecule has 2 aromatic rings. The van der Waals surface area contributed by atoms with Crippen molar-refractivity contribution in [2.24, 2.45) is 0 Å². The van der Waals surface area contributed by atoms with Crippen LogP contribution in [-0.4, -0.2) is 19.3 Å². The van der Waals surface area contributed by atoms with Gasteiger partial charge in [-0.2, -0.15) is 22.5 Å². The van der Waals surface area contributed by atoms with Crippen molar-refractivity contribution in [1.29, 1.82) is 0 Å². The second kappa shape index (κ2) is 4.92. The Morgan fingerprint density at radius 3 is 2.78 bits per heavy atom. The summed E-state index contributed by atoms with van der Waals surface area (Å²) in [5.74, 6) is -0.467. The molecule has 2 heterocycles. The molecule has 0 aliphatic carbocycles. The number of rotatable bonds is 4. The van der Waals surface area contributed by atoms with E-state index in [0.29, 0.717) is 23.8 Å². The van der Waals surface area contributed by atoms with Crippen molar-refractivity contribution in [1.82, 2.24) is 19.3 Å². The molecule has 0 fully saturated rings. The smallest absolute Gasteiger partial charge is 0.350 e. The summed E-state index contributed by atoms with van der Waals surface area (Å²) in [6.07, 6.45) is -0.612. The largest absolute Gasteiger partial charge is 0.452 e. The van der Waals surface area contributed by atoms with Crippen LogP contribution in [0.1, 0.15) is 31.0 Å². The Hall–Kier alpha value is -1.64. The predicted molar refractivity (Wildman–Crippen MR) is 60.2 cm³/mol. The summed E-state index contributed by atoms with van der Waals surface area (Å²) in [5.41, 5.74) is 0. The van der Waals surface area contributed by atoms with Gasteiger partial charge in [0.05, 0.1) is 6.04 Å². The first-order valence-electron chi connectivity index (χ1n) is 5.17. The minimum absolute atomic E-state index is 0.130. The van der Waals surface area contributed by atoms with Crippen molar-refractivity contribution in [3.05, 3.63) is 24.0 Å². The third-order valence-corrected chi connectivity index (χ3v) is 2.88. The van der Waals surface area contributed by atoms with Gasteiger partial charge in [-0.1, -0.05) is 6.92 Å². The molecule has 0 spiro atoms. The normalized spacial score (nSPS) is 13.6. The number of anilines is 1. The third-order valence-electron chi connectivity index (χ3n) is 2.23. The zero-order valence-electron chi connectivity index (χ0n) is 9.32. The van der Waals surface area contributed by atoms with E-state index in [1.54, 1.807) is 12.4 Å². The fourth-order valence-electron chi connectivity index (χ4n) is 1.38. The van der Waals surface area contributed by atoms with E-state index in [1.165, 1.54) is 0 Å². The number of aromatic amines is 1. The Bertz CT molecular complexity index is 493. The average molecular weight is 277 g/mol. The van der Waals surface area contributed by atoms with Gasteiger partial charge < -0.3 is 10.3 Å². The van der Waals surface area contributed by atoms with Crippen LogP contribution in [-0.2, 0) is 6.18 Å². The van der Waals surface area contributed by atoms with Gasteiger partial charge in [-0.05, 0) is 6.42 Å². The molecule has 9 heteroatoms. The molecule has 2 aromatic heterocycles. The predicted octanol–water partition coefficient (Wildman–Crippen LogP) is 2.84. The molecule has 0 saturated carbocycles. The third kappa shape index (κ3) is 2.78. The highest BCUT2D eigenvalue weighted by atomic mass is 32.1. The first kappa shape index (κ1) is 12.8. The van der Waals surface area contributed by atoms with Crippen molar-refractivity contribution >= 4 is 16.7 Å². The van der Waals surface area contributed by atoms with Crippen molar-refractivity contribution in [2.45, 2.75) is 25.6 Å². The van der Waals surface area contributed by atoms with Gasteiger partial charge in [0.25, 0.3) is 0 Å². The van der Waals surface area contributed by atoms with Crippen molar-refractivity contribution in [3.63, 3.8) is 0 Å². The molecule has 0 radical (unpaired) electrons. The highest BCUT2D eigenvalue weighted by Crippen LogP contribution is 2.30. The van der Waals surface area contributed by atoms with Crippen LogP contribution >= 0.6 is 11.5 Å². The summed E-state index contributed by atoms with van der Waals surface area (Å²) in [4.78, 5) is 10.4. The lowest BCUT2D eigenvalue weighted by molar-refractivity contribution is -0.144. The van der Waals surface area contributed by atoms with Crippen LogP contribution < -0.4 is 5.32 Å².